The number of hydrogen-bond acceptors (Lipinski definition) is 6. The molecule has 2 saturated heterocycles. The minimum atomic E-state index is -0.115. The zero-order valence-corrected chi connectivity index (χ0v) is 19.8. The fourth-order valence-corrected chi connectivity index (χ4v) is 6.45. The van der Waals surface area contributed by atoms with E-state index in [1.165, 1.54) is 11.8 Å². The normalized spacial score (nSPS) is 19.0. The number of thiocarbonyl (C=S) groups is 1. The number of pyridine rings is 1. The van der Waals surface area contributed by atoms with Crippen LogP contribution in [-0.2, 0) is 11.3 Å². The Kier molecular flexibility index (Phi) is 6.27. The summed E-state index contributed by atoms with van der Waals surface area (Å²) in [6.07, 6.45) is 1.78. The van der Waals surface area contributed by atoms with E-state index in [-0.39, 0.29) is 17.5 Å². The minimum absolute atomic E-state index is 0.00843. The molecule has 0 bridgehead atoms. The highest BCUT2D eigenvalue weighted by Gasteiger charge is 2.34. The number of anilines is 1. The Morgan fingerprint density at radius 3 is 2.50 bits per heavy atom. The van der Waals surface area contributed by atoms with Crippen LogP contribution in [0.4, 0.5) is 5.69 Å². The molecule has 0 spiro atoms. The van der Waals surface area contributed by atoms with Crippen molar-refractivity contribution in [3.63, 3.8) is 0 Å². The maximum atomic E-state index is 13.6. The molecule has 8 heteroatoms. The van der Waals surface area contributed by atoms with E-state index in [9.17, 15) is 9.59 Å². The van der Waals surface area contributed by atoms with E-state index in [0.29, 0.717) is 21.3 Å². The molecule has 0 radical (unpaired) electrons. The summed E-state index contributed by atoms with van der Waals surface area (Å²) < 4.78 is 2.35. The van der Waals surface area contributed by atoms with Crippen molar-refractivity contribution in [3.8, 4) is 0 Å². The Morgan fingerprint density at radius 1 is 1.17 bits per heavy atom. The summed E-state index contributed by atoms with van der Waals surface area (Å²) >= 11 is 8.65. The van der Waals surface area contributed by atoms with Crippen molar-refractivity contribution in [2.45, 2.75) is 33.4 Å². The van der Waals surface area contributed by atoms with Crippen molar-refractivity contribution in [2.24, 2.45) is 0 Å². The number of thioether (sulfide) groups is 2. The second-order valence-electron chi connectivity index (χ2n) is 7.57. The lowest BCUT2D eigenvalue weighted by atomic mass is 10.1. The number of rotatable bonds is 4. The Morgan fingerprint density at radius 2 is 1.87 bits per heavy atom. The van der Waals surface area contributed by atoms with Crippen molar-refractivity contribution in [1.29, 1.82) is 0 Å². The largest absolute Gasteiger partial charge is 0.369 e. The first-order valence-electron chi connectivity index (χ1n) is 10.2. The van der Waals surface area contributed by atoms with E-state index in [1.54, 1.807) is 15.5 Å². The lowest BCUT2D eigenvalue weighted by Crippen LogP contribution is -2.36. The van der Waals surface area contributed by atoms with Gasteiger partial charge in [-0.1, -0.05) is 42.2 Å². The Bertz CT molecular complexity index is 1100. The maximum Gasteiger partial charge on any atom is 0.266 e. The smallest absolute Gasteiger partial charge is 0.266 e. The molecular weight excluding hydrogens is 434 g/mol. The Hall–Kier alpha value is -1.77. The van der Waals surface area contributed by atoms with Crippen molar-refractivity contribution in [2.75, 3.05) is 29.5 Å². The molecule has 0 atom stereocenters. The second kappa shape index (κ2) is 8.77. The van der Waals surface area contributed by atoms with E-state index in [0.717, 1.165) is 41.2 Å². The highest BCUT2D eigenvalue weighted by Crippen LogP contribution is 2.37. The quantitative estimate of drug-likeness (QED) is 0.505. The second-order valence-corrected chi connectivity index (χ2v) is 10.5. The van der Waals surface area contributed by atoms with E-state index in [4.69, 9.17) is 12.2 Å². The van der Waals surface area contributed by atoms with Crippen LogP contribution in [0, 0.1) is 0 Å². The predicted octanol–water partition coefficient (Wildman–Crippen LogP) is 4.18. The van der Waals surface area contributed by atoms with Gasteiger partial charge in [0.1, 0.15) is 4.32 Å². The molecule has 2 aliphatic heterocycles. The third-order valence-corrected chi connectivity index (χ3v) is 7.71. The standard InChI is InChI=1S/C22H25N3O2S3/c1-4-24-17-8-6-5-7-15(17)19(23-9-11-29-12-10-23)16(20(24)26)13-18-21(27)25(14(2)3)22(28)30-18/h5-8,13-14H,4,9-12H2,1-3H3. The van der Waals surface area contributed by atoms with Crippen molar-refractivity contribution >= 4 is 68.6 Å². The van der Waals surface area contributed by atoms with Gasteiger partial charge in [0.2, 0.25) is 0 Å². The summed E-state index contributed by atoms with van der Waals surface area (Å²) in [5.41, 5.74) is 2.41. The first-order chi connectivity index (χ1) is 14.4. The lowest BCUT2D eigenvalue weighted by Gasteiger charge is -2.31. The minimum Gasteiger partial charge on any atom is -0.369 e. The van der Waals surface area contributed by atoms with Gasteiger partial charge in [0.15, 0.2) is 0 Å². The van der Waals surface area contributed by atoms with Gasteiger partial charge >= 0.3 is 0 Å². The van der Waals surface area contributed by atoms with E-state index >= 15 is 0 Å². The van der Waals surface area contributed by atoms with Gasteiger partial charge in [0, 0.05) is 42.6 Å². The molecule has 2 fully saturated rings. The zero-order chi connectivity index (χ0) is 21.4. The van der Waals surface area contributed by atoms with Gasteiger partial charge in [-0.3, -0.25) is 14.5 Å². The average molecular weight is 460 g/mol. The average Bonchev–Trinajstić information content (AvgIpc) is 3.02. The molecule has 2 aromatic rings. The predicted molar refractivity (Wildman–Crippen MR) is 134 cm³/mol. The van der Waals surface area contributed by atoms with Crippen LogP contribution in [-0.4, -0.2) is 50.3 Å². The molecule has 1 aromatic carbocycles. The van der Waals surface area contributed by atoms with Crippen LogP contribution < -0.4 is 10.5 Å². The number of aryl methyl sites for hydroxylation is 1. The molecule has 158 valence electrons. The molecule has 1 aromatic heterocycles. The molecule has 30 heavy (non-hydrogen) atoms. The fourth-order valence-electron chi connectivity index (χ4n) is 4.04. The van der Waals surface area contributed by atoms with Crippen LogP contribution in [0.15, 0.2) is 34.0 Å². The van der Waals surface area contributed by atoms with Crippen molar-refractivity contribution in [3.05, 3.63) is 45.1 Å². The maximum absolute atomic E-state index is 13.6. The van der Waals surface area contributed by atoms with Crippen LogP contribution in [0.1, 0.15) is 26.3 Å². The number of carbonyl (C=O) groups excluding carboxylic acids is 1. The number of hydrogen-bond donors (Lipinski definition) is 0. The van der Waals surface area contributed by atoms with Crippen molar-refractivity contribution in [1.82, 2.24) is 9.47 Å². The van der Waals surface area contributed by atoms with E-state index < -0.39 is 0 Å². The van der Waals surface area contributed by atoms with E-state index in [2.05, 4.69) is 11.0 Å². The first-order valence-corrected chi connectivity index (χ1v) is 12.6. The highest BCUT2D eigenvalue weighted by atomic mass is 32.2. The van der Waals surface area contributed by atoms with Crippen LogP contribution >= 0.6 is 35.7 Å². The number of carbonyl (C=O) groups is 1. The summed E-state index contributed by atoms with van der Waals surface area (Å²) in [5.74, 6) is 1.94. The lowest BCUT2D eigenvalue weighted by molar-refractivity contribution is -0.123. The van der Waals surface area contributed by atoms with Crippen LogP contribution in [0.3, 0.4) is 0 Å². The zero-order valence-electron chi connectivity index (χ0n) is 17.4. The highest BCUT2D eigenvalue weighted by molar-refractivity contribution is 8.26. The van der Waals surface area contributed by atoms with Gasteiger partial charge in [0.05, 0.1) is 21.7 Å². The molecule has 0 saturated carbocycles. The summed E-state index contributed by atoms with van der Waals surface area (Å²) in [6, 6.07) is 8.05. The number of fused-ring (bicyclic) bond motifs is 1. The SMILES string of the molecule is CCn1c(=O)c(C=C2SC(=S)N(C(C)C)C2=O)c(N2CCSCC2)c2ccccc21. The molecule has 0 N–H and O–H groups in total. The topological polar surface area (TPSA) is 45.6 Å². The molecule has 2 aliphatic rings. The molecule has 0 aliphatic carbocycles. The number of amides is 1. The third-order valence-electron chi connectivity index (χ3n) is 5.44. The molecule has 5 nitrogen and oxygen atoms in total. The summed E-state index contributed by atoms with van der Waals surface area (Å²) in [6.45, 7) is 8.22. The number of aromatic nitrogens is 1. The molecule has 1 amide bonds. The third kappa shape index (κ3) is 3.69. The van der Waals surface area contributed by atoms with Gasteiger partial charge in [0.25, 0.3) is 11.5 Å². The van der Waals surface area contributed by atoms with Gasteiger partial charge in [-0.15, -0.1) is 0 Å². The Labute approximate surface area is 190 Å². The first kappa shape index (κ1) is 21.5. The monoisotopic (exact) mass is 459 g/mol. The molecule has 3 heterocycles. The van der Waals surface area contributed by atoms with Gasteiger partial charge in [-0.2, -0.15) is 11.8 Å². The molecular formula is C22H25N3O2S3. The van der Waals surface area contributed by atoms with Crippen molar-refractivity contribution < 1.29 is 4.79 Å². The van der Waals surface area contributed by atoms with Crippen LogP contribution in [0.25, 0.3) is 17.0 Å². The summed E-state index contributed by atoms with van der Waals surface area (Å²) in [7, 11) is 0. The van der Waals surface area contributed by atoms with Gasteiger partial charge in [-0.05, 0) is 32.9 Å². The van der Waals surface area contributed by atoms with Gasteiger partial charge in [-0.25, -0.2) is 0 Å². The van der Waals surface area contributed by atoms with Gasteiger partial charge < -0.3 is 9.47 Å². The number of nitrogens with zero attached hydrogens (tertiary/aromatic N) is 3. The van der Waals surface area contributed by atoms with E-state index in [1.807, 2.05) is 50.7 Å². The summed E-state index contributed by atoms with van der Waals surface area (Å²) in [4.78, 5) is 31.0. The molecule has 4 rings (SSSR count). The number of para-hydroxylation sites is 1. The Balaban J connectivity index is 1.97. The summed E-state index contributed by atoms with van der Waals surface area (Å²) in [5, 5.41) is 1.05. The van der Waals surface area contributed by atoms with Crippen LogP contribution in [0.2, 0.25) is 0 Å². The number of benzene rings is 1. The van der Waals surface area contributed by atoms with Crippen LogP contribution in [0.5, 0.6) is 0 Å². The fraction of sp³-hybridized carbons (Fsp3) is 0.409. The molecule has 0 unspecified atom stereocenters.